The van der Waals surface area contributed by atoms with E-state index in [9.17, 15) is 22.8 Å². The summed E-state index contributed by atoms with van der Waals surface area (Å²) in [6.45, 7) is 1.92. The fourth-order valence-corrected chi connectivity index (χ4v) is 4.89. The van der Waals surface area contributed by atoms with Gasteiger partial charge in [0.05, 0.1) is 6.54 Å². The number of fused-ring (bicyclic) bond motifs is 2. The highest BCUT2D eigenvalue weighted by molar-refractivity contribution is 7.80. The van der Waals surface area contributed by atoms with E-state index in [2.05, 4.69) is 15.5 Å². The first-order valence-electron chi connectivity index (χ1n) is 10.2. The van der Waals surface area contributed by atoms with E-state index in [1.807, 2.05) is 28.0 Å². The van der Waals surface area contributed by atoms with Gasteiger partial charge in [-0.25, -0.2) is 0 Å². The Bertz CT molecular complexity index is 1130. The van der Waals surface area contributed by atoms with E-state index in [-0.39, 0.29) is 31.3 Å². The Labute approximate surface area is 186 Å². The highest BCUT2D eigenvalue weighted by atomic mass is 32.1. The standard InChI is InChI=1S/C20H19F3N6O2S/c21-20(22,23)19-26-25-15-10-27(5-6-28(15)19)8-11-1-2-12-9-29(18(32)13(12)7-11)14-3-4-16(30)24-17(14)31/h1-2,7,14H,3-6,8-10H2,(H,24,30,31). The van der Waals surface area contributed by atoms with Crippen LogP contribution in [0.5, 0.6) is 0 Å². The average Bonchev–Trinajstić information content (AvgIpc) is 3.29. The van der Waals surface area contributed by atoms with Crippen molar-refractivity contribution in [2.24, 2.45) is 0 Å². The maximum Gasteiger partial charge on any atom is 0.451 e. The van der Waals surface area contributed by atoms with Gasteiger partial charge in [-0.1, -0.05) is 24.4 Å². The van der Waals surface area contributed by atoms with Gasteiger partial charge >= 0.3 is 6.18 Å². The third kappa shape index (κ3) is 3.66. The molecule has 5 rings (SSSR count). The van der Waals surface area contributed by atoms with Crippen molar-refractivity contribution < 1.29 is 22.8 Å². The van der Waals surface area contributed by atoms with E-state index >= 15 is 0 Å². The van der Waals surface area contributed by atoms with Gasteiger partial charge in [-0.05, 0) is 23.6 Å². The molecule has 1 fully saturated rings. The minimum Gasteiger partial charge on any atom is -0.346 e. The van der Waals surface area contributed by atoms with Gasteiger partial charge in [0.25, 0.3) is 0 Å². The third-order valence-electron chi connectivity index (χ3n) is 6.08. The van der Waals surface area contributed by atoms with Crippen LogP contribution in [0.15, 0.2) is 18.2 Å². The van der Waals surface area contributed by atoms with E-state index in [1.165, 1.54) is 0 Å². The Hall–Kier alpha value is -2.86. The fourth-order valence-electron chi connectivity index (χ4n) is 4.51. The predicted octanol–water partition coefficient (Wildman–Crippen LogP) is 1.61. The summed E-state index contributed by atoms with van der Waals surface area (Å²) >= 11 is 5.63. The molecule has 0 radical (unpaired) electrons. The first kappa shape index (κ1) is 21.0. The number of aromatic nitrogens is 3. The molecule has 32 heavy (non-hydrogen) atoms. The van der Waals surface area contributed by atoms with Crippen LogP contribution in [0.1, 0.15) is 41.2 Å². The van der Waals surface area contributed by atoms with Gasteiger partial charge in [0, 0.05) is 38.2 Å². The second kappa shape index (κ2) is 7.62. The highest BCUT2D eigenvalue weighted by Crippen LogP contribution is 2.31. The molecule has 8 nitrogen and oxygen atoms in total. The number of piperidine rings is 1. The van der Waals surface area contributed by atoms with E-state index in [1.54, 1.807) is 0 Å². The van der Waals surface area contributed by atoms with Crippen molar-refractivity contribution in [2.75, 3.05) is 6.54 Å². The lowest BCUT2D eigenvalue weighted by Crippen LogP contribution is -2.52. The lowest BCUT2D eigenvalue weighted by Gasteiger charge is -2.30. The number of nitrogens with one attached hydrogen (secondary N) is 1. The summed E-state index contributed by atoms with van der Waals surface area (Å²) in [7, 11) is 0. The van der Waals surface area contributed by atoms with Crippen molar-refractivity contribution in [3.05, 3.63) is 46.5 Å². The summed E-state index contributed by atoms with van der Waals surface area (Å²) < 4.78 is 40.2. The maximum absolute atomic E-state index is 13.0. The first-order valence-corrected chi connectivity index (χ1v) is 10.6. The topological polar surface area (TPSA) is 83.4 Å². The largest absolute Gasteiger partial charge is 0.451 e. The molecular weight excluding hydrogens is 445 g/mol. The van der Waals surface area contributed by atoms with Crippen molar-refractivity contribution in [1.82, 2.24) is 29.9 Å². The number of halogens is 3. The molecule has 2 aromatic rings. The molecule has 12 heteroatoms. The van der Waals surface area contributed by atoms with Gasteiger partial charge in [-0.3, -0.25) is 19.8 Å². The molecule has 1 aromatic carbocycles. The lowest BCUT2D eigenvalue weighted by molar-refractivity contribution is -0.148. The Balaban J connectivity index is 1.29. The molecule has 1 saturated heterocycles. The Morgan fingerprint density at radius 3 is 2.72 bits per heavy atom. The average molecular weight is 464 g/mol. The molecule has 4 heterocycles. The smallest absolute Gasteiger partial charge is 0.346 e. The summed E-state index contributed by atoms with van der Waals surface area (Å²) in [5, 5.41) is 9.41. The molecule has 0 saturated carbocycles. The highest BCUT2D eigenvalue weighted by Gasteiger charge is 2.40. The number of carbonyl (C=O) groups excluding carboxylic acids is 2. The Morgan fingerprint density at radius 1 is 1.16 bits per heavy atom. The van der Waals surface area contributed by atoms with Crippen LogP contribution in [-0.4, -0.2) is 54.0 Å². The number of hydrogen-bond acceptors (Lipinski definition) is 6. The van der Waals surface area contributed by atoms with Crippen LogP contribution in [-0.2, 0) is 41.9 Å². The normalized spacial score (nSPS) is 21.5. The summed E-state index contributed by atoms with van der Waals surface area (Å²) in [6.07, 6.45) is -3.80. The summed E-state index contributed by atoms with van der Waals surface area (Å²) in [5.74, 6) is -1.25. The second-order valence-corrected chi connectivity index (χ2v) is 8.58. The second-order valence-electron chi connectivity index (χ2n) is 8.19. The molecule has 1 atom stereocenters. The number of benzene rings is 1. The predicted molar refractivity (Wildman–Crippen MR) is 109 cm³/mol. The fraction of sp³-hybridized carbons (Fsp3) is 0.450. The molecule has 0 spiro atoms. The van der Waals surface area contributed by atoms with Crippen LogP contribution in [0.25, 0.3) is 0 Å². The summed E-state index contributed by atoms with van der Waals surface area (Å²) in [4.78, 5) is 28.1. The lowest BCUT2D eigenvalue weighted by atomic mass is 10.0. The summed E-state index contributed by atoms with van der Waals surface area (Å²) in [5.41, 5.74) is 2.86. The number of alkyl halides is 3. The van der Waals surface area contributed by atoms with Crippen LogP contribution in [0.3, 0.4) is 0 Å². The zero-order valence-corrected chi connectivity index (χ0v) is 17.7. The molecule has 1 unspecified atom stereocenters. The van der Waals surface area contributed by atoms with Gasteiger partial charge in [0.2, 0.25) is 17.6 Å². The van der Waals surface area contributed by atoms with Gasteiger partial charge in [-0.15, -0.1) is 10.2 Å². The molecule has 2 amide bonds. The van der Waals surface area contributed by atoms with Gasteiger partial charge in [0.1, 0.15) is 16.9 Å². The molecule has 0 bridgehead atoms. The molecule has 1 N–H and O–H groups in total. The number of hydrogen-bond donors (Lipinski definition) is 1. The minimum absolute atomic E-state index is 0.170. The van der Waals surface area contributed by atoms with Gasteiger partial charge < -0.3 is 9.47 Å². The van der Waals surface area contributed by atoms with Crippen molar-refractivity contribution in [2.45, 2.75) is 51.2 Å². The van der Waals surface area contributed by atoms with Gasteiger partial charge in [0.15, 0.2) is 0 Å². The number of thiocarbonyl (C=S) groups is 1. The number of nitrogens with zero attached hydrogens (tertiary/aromatic N) is 5. The molecular formula is C20H19F3N6O2S. The van der Waals surface area contributed by atoms with E-state index < -0.39 is 18.0 Å². The quantitative estimate of drug-likeness (QED) is 0.546. The van der Waals surface area contributed by atoms with Crippen LogP contribution < -0.4 is 5.32 Å². The SMILES string of the molecule is O=C1CCC(N2Cc3ccc(CN4CCn5c(nnc5C(F)(F)F)C4)cc3C2=S)C(=O)N1. The number of rotatable bonds is 3. The minimum atomic E-state index is -4.52. The molecule has 3 aliphatic rings. The van der Waals surface area contributed by atoms with Gasteiger partial charge in [-0.2, -0.15) is 13.2 Å². The maximum atomic E-state index is 13.0. The molecule has 168 valence electrons. The monoisotopic (exact) mass is 464 g/mol. The Morgan fingerprint density at radius 2 is 1.97 bits per heavy atom. The van der Waals surface area contributed by atoms with Crippen LogP contribution in [0.4, 0.5) is 13.2 Å². The first-order chi connectivity index (χ1) is 15.2. The number of amides is 2. The van der Waals surface area contributed by atoms with Crippen molar-refractivity contribution in [1.29, 1.82) is 0 Å². The summed E-state index contributed by atoms with van der Waals surface area (Å²) in [6, 6.07) is 5.45. The van der Waals surface area contributed by atoms with Crippen LogP contribution >= 0.6 is 12.2 Å². The van der Waals surface area contributed by atoms with Crippen LogP contribution in [0.2, 0.25) is 0 Å². The Kier molecular flexibility index (Phi) is 5.01. The van der Waals surface area contributed by atoms with Crippen molar-refractivity contribution >= 4 is 29.0 Å². The van der Waals surface area contributed by atoms with E-state index in [0.29, 0.717) is 36.9 Å². The van der Waals surface area contributed by atoms with Crippen LogP contribution in [0, 0.1) is 0 Å². The van der Waals surface area contributed by atoms with E-state index in [4.69, 9.17) is 12.2 Å². The van der Waals surface area contributed by atoms with E-state index in [0.717, 1.165) is 21.3 Å². The number of carbonyl (C=O) groups is 2. The molecule has 0 aliphatic carbocycles. The third-order valence-corrected chi connectivity index (χ3v) is 6.54. The van der Waals surface area contributed by atoms with Crippen molar-refractivity contribution in [3.8, 4) is 0 Å². The number of imide groups is 1. The van der Waals surface area contributed by atoms with Crippen molar-refractivity contribution in [3.63, 3.8) is 0 Å². The molecule has 1 aromatic heterocycles. The zero-order chi connectivity index (χ0) is 22.6. The zero-order valence-electron chi connectivity index (χ0n) is 16.9. The molecule has 3 aliphatic heterocycles.